The monoisotopic (exact) mass is 419 g/mol. The van der Waals surface area contributed by atoms with Gasteiger partial charge in [-0.15, -0.1) is 0 Å². The molecule has 0 aromatic heterocycles. The Labute approximate surface area is 173 Å². The Morgan fingerprint density at radius 2 is 1.72 bits per heavy atom. The fourth-order valence-corrected chi connectivity index (χ4v) is 3.38. The Hall–Kier alpha value is -2.30. The van der Waals surface area contributed by atoms with Crippen molar-refractivity contribution in [2.45, 2.75) is 58.5 Å². The van der Waals surface area contributed by atoms with Crippen molar-refractivity contribution in [3.8, 4) is 5.75 Å². The van der Waals surface area contributed by atoms with Gasteiger partial charge in [-0.05, 0) is 56.9 Å². The van der Waals surface area contributed by atoms with Crippen LogP contribution in [0.3, 0.4) is 0 Å². The summed E-state index contributed by atoms with van der Waals surface area (Å²) < 4.78 is 22.2. The SMILES string of the molecule is C[C@@H](Cc1ccccc1OCc1ccc(C[PH](=O)O)cc1)NC(=O)OC(C)(C)C. The summed E-state index contributed by atoms with van der Waals surface area (Å²) in [7, 11) is -2.51. The Bertz CT molecular complexity index is 830. The van der Waals surface area contributed by atoms with E-state index in [1.165, 1.54) is 0 Å². The quantitative estimate of drug-likeness (QED) is 0.607. The summed E-state index contributed by atoms with van der Waals surface area (Å²) in [5, 5.41) is 2.85. The van der Waals surface area contributed by atoms with E-state index in [1.807, 2.05) is 76.2 Å². The molecule has 0 radical (unpaired) electrons. The number of ether oxygens (including phenoxy) is 2. The fraction of sp³-hybridized carbons (Fsp3) is 0.409. The molecule has 2 atom stereocenters. The number of para-hydroxylation sites is 1. The number of alkyl carbamates (subject to hydrolysis) is 1. The fourth-order valence-electron chi connectivity index (χ4n) is 2.79. The molecule has 0 fully saturated rings. The molecule has 0 bridgehead atoms. The summed E-state index contributed by atoms with van der Waals surface area (Å²) in [5.74, 6) is 0.759. The van der Waals surface area contributed by atoms with Gasteiger partial charge in [0.2, 0.25) is 0 Å². The highest BCUT2D eigenvalue weighted by Crippen LogP contribution is 2.23. The lowest BCUT2D eigenvalue weighted by Crippen LogP contribution is -2.38. The van der Waals surface area contributed by atoms with Crippen molar-refractivity contribution in [3.63, 3.8) is 0 Å². The summed E-state index contributed by atoms with van der Waals surface area (Å²) in [5.41, 5.74) is 2.27. The van der Waals surface area contributed by atoms with Crippen molar-refractivity contribution >= 4 is 14.1 Å². The standard InChI is InChI=1S/C22H30NO5P/c1-16(23-21(24)28-22(2,3)4)13-19-7-5-6-8-20(19)27-14-17-9-11-18(12-10-17)15-29(25)26/h5-12,16,29H,13-15H2,1-4H3,(H,23,24)(H,25,26)/t16-/m0/s1. The van der Waals surface area contributed by atoms with Gasteiger partial charge in [-0.25, -0.2) is 4.79 Å². The molecule has 1 unspecified atom stereocenters. The lowest BCUT2D eigenvalue weighted by molar-refractivity contribution is 0.0508. The number of rotatable bonds is 8. The first-order valence-electron chi connectivity index (χ1n) is 9.62. The zero-order valence-corrected chi connectivity index (χ0v) is 18.4. The molecule has 0 aliphatic rings. The maximum absolute atomic E-state index is 12.0. The van der Waals surface area contributed by atoms with Crippen LogP contribution < -0.4 is 10.1 Å². The number of amides is 1. The molecule has 0 saturated carbocycles. The second-order valence-corrected chi connectivity index (χ2v) is 9.18. The first-order chi connectivity index (χ1) is 13.6. The van der Waals surface area contributed by atoms with Crippen LogP contribution in [0.5, 0.6) is 5.75 Å². The van der Waals surface area contributed by atoms with E-state index in [-0.39, 0.29) is 12.2 Å². The molecule has 0 saturated heterocycles. The largest absolute Gasteiger partial charge is 0.489 e. The maximum atomic E-state index is 12.0. The third kappa shape index (κ3) is 8.71. The summed E-state index contributed by atoms with van der Waals surface area (Å²) in [4.78, 5) is 21.0. The number of hydrogen-bond acceptors (Lipinski definition) is 4. The van der Waals surface area contributed by atoms with Gasteiger partial charge in [-0.1, -0.05) is 42.5 Å². The van der Waals surface area contributed by atoms with Crippen LogP contribution in [0.15, 0.2) is 48.5 Å². The minimum atomic E-state index is -2.51. The highest BCUT2D eigenvalue weighted by molar-refractivity contribution is 7.37. The molecule has 7 heteroatoms. The van der Waals surface area contributed by atoms with Crippen molar-refractivity contribution in [2.24, 2.45) is 0 Å². The number of carbonyl (C=O) groups excluding carboxylic acids is 1. The molecule has 2 aromatic carbocycles. The van der Waals surface area contributed by atoms with Crippen LogP contribution >= 0.6 is 8.03 Å². The van der Waals surface area contributed by atoms with E-state index in [1.54, 1.807) is 0 Å². The minimum Gasteiger partial charge on any atom is -0.489 e. The first-order valence-corrected chi connectivity index (χ1v) is 11.2. The first kappa shape index (κ1) is 23.0. The Morgan fingerprint density at radius 3 is 2.34 bits per heavy atom. The highest BCUT2D eigenvalue weighted by atomic mass is 31.1. The zero-order chi connectivity index (χ0) is 21.4. The van der Waals surface area contributed by atoms with E-state index in [0.717, 1.165) is 22.4 Å². The van der Waals surface area contributed by atoms with Gasteiger partial charge in [-0.2, -0.15) is 0 Å². The Balaban J connectivity index is 1.94. The zero-order valence-electron chi connectivity index (χ0n) is 17.4. The van der Waals surface area contributed by atoms with E-state index in [2.05, 4.69) is 5.32 Å². The number of nitrogens with one attached hydrogen (secondary N) is 1. The van der Waals surface area contributed by atoms with E-state index in [4.69, 9.17) is 14.4 Å². The molecule has 2 N–H and O–H groups in total. The molecular weight excluding hydrogens is 389 g/mol. The second-order valence-electron chi connectivity index (χ2n) is 8.03. The number of benzene rings is 2. The van der Waals surface area contributed by atoms with Gasteiger partial charge in [0.1, 0.15) is 18.0 Å². The second kappa shape index (κ2) is 10.5. The molecule has 0 aliphatic carbocycles. The summed E-state index contributed by atoms with van der Waals surface area (Å²) in [6.07, 6.45) is 0.366. The third-order valence-corrected chi connectivity index (χ3v) is 4.75. The van der Waals surface area contributed by atoms with Gasteiger partial charge in [-0.3, -0.25) is 4.57 Å². The van der Waals surface area contributed by atoms with Crippen LogP contribution in [-0.4, -0.2) is 22.6 Å². The van der Waals surface area contributed by atoms with Gasteiger partial charge in [0.15, 0.2) is 8.03 Å². The van der Waals surface area contributed by atoms with Crippen LogP contribution in [0.25, 0.3) is 0 Å². The topological polar surface area (TPSA) is 84.9 Å². The lowest BCUT2D eigenvalue weighted by Gasteiger charge is -2.22. The minimum absolute atomic E-state index is 0.115. The molecule has 29 heavy (non-hydrogen) atoms. The molecule has 1 amide bonds. The Morgan fingerprint density at radius 1 is 1.10 bits per heavy atom. The summed E-state index contributed by atoms with van der Waals surface area (Å²) >= 11 is 0. The molecule has 0 spiro atoms. The van der Waals surface area contributed by atoms with Gasteiger partial charge in [0, 0.05) is 12.2 Å². The van der Waals surface area contributed by atoms with E-state index in [9.17, 15) is 9.36 Å². The molecule has 2 rings (SSSR count). The van der Waals surface area contributed by atoms with Gasteiger partial charge in [0.05, 0.1) is 0 Å². The van der Waals surface area contributed by atoms with Crippen molar-refractivity contribution < 1.29 is 23.7 Å². The van der Waals surface area contributed by atoms with Crippen molar-refractivity contribution in [1.82, 2.24) is 5.32 Å². The third-order valence-electron chi connectivity index (χ3n) is 4.03. The predicted octanol–water partition coefficient (Wildman–Crippen LogP) is 4.69. The predicted molar refractivity (Wildman–Crippen MR) is 115 cm³/mol. The van der Waals surface area contributed by atoms with Crippen molar-refractivity contribution in [1.29, 1.82) is 0 Å². The Kier molecular flexibility index (Phi) is 8.30. The average molecular weight is 419 g/mol. The molecule has 6 nitrogen and oxygen atoms in total. The van der Waals surface area contributed by atoms with Crippen molar-refractivity contribution in [2.75, 3.05) is 0 Å². The van der Waals surface area contributed by atoms with E-state index >= 15 is 0 Å². The van der Waals surface area contributed by atoms with Crippen molar-refractivity contribution in [3.05, 3.63) is 65.2 Å². The van der Waals surface area contributed by atoms with Crippen LogP contribution in [0.1, 0.15) is 44.4 Å². The number of carbonyl (C=O) groups is 1. The van der Waals surface area contributed by atoms with Gasteiger partial charge >= 0.3 is 6.09 Å². The molecular formula is C22H30NO5P. The van der Waals surface area contributed by atoms with Gasteiger partial charge < -0.3 is 19.7 Å². The molecule has 0 heterocycles. The average Bonchev–Trinajstić information content (AvgIpc) is 2.60. The van der Waals surface area contributed by atoms with E-state index in [0.29, 0.717) is 13.0 Å². The van der Waals surface area contributed by atoms with Crippen LogP contribution in [0.2, 0.25) is 0 Å². The lowest BCUT2D eigenvalue weighted by atomic mass is 10.1. The summed E-state index contributed by atoms with van der Waals surface area (Å²) in [6.45, 7) is 7.80. The molecule has 158 valence electrons. The summed E-state index contributed by atoms with van der Waals surface area (Å²) in [6, 6.07) is 15.1. The highest BCUT2D eigenvalue weighted by Gasteiger charge is 2.18. The number of hydrogen-bond donors (Lipinski definition) is 2. The normalized spacial score (nSPS) is 13.4. The van der Waals surface area contributed by atoms with Gasteiger partial charge in [0.25, 0.3) is 0 Å². The van der Waals surface area contributed by atoms with Crippen LogP contribution in [-0.2, 0) is 28.5 Å². The van der Waals surface area contributed by atoms with Crippen LogP contribution in [0, 0.1) is 0 Å². The van der Waals surface area contributed by atoms with Crippen LogP contribution in [0.4, 0.5) is 4.79 Å². The molecule has 0 aliphatic heterocycles. The molecule has 2 aromatic rings. The smallest absolute Gasteiger partial charge is 0.407 e. The maximum Gasteiger partial charge on any atom is 0.407 e. The van der Waals surface area contributed by atoms with E-state index < -0.39 is 19.7 Å².